The summed E-state index contributed by atoms with van der Waals surface area (Å²) in [5, 5.41) is 1.30. The molecular weight excluding hydrogens is 270 g/mol. The van der Waals surface area contributed by atoms with Crippen molar-refractivity contribution < 1.29 is 0 Å². The van der Waals surface area contributed by atoms with Crippen molar-refractivity contribution in [3.8, 4) is 0 Å². The van der Waals surface area contributed by atoms with E-state index in [-0.39, 0.29) is 0 Å². The van der Waals surface area contributed by atoms with Gasteiger partial charge in [0.2, 0.25) is 0 Å². The van der Waals surface area contributed by atoms with Gasteiger partial charge in [0.15, 0.2) is 0 Å². The minimum absolute atomic E-state index is 0.309. The number of hydrogen-bond acceptors (Lipinski definition) is 1. The van der Waals surface area contributed by atoms with E-state index in [0.29, 0.717) is 6.04 Å². The predicted molar refractivity (Wildman–Crippen MR) is 92.7 cm³/mol. The number of aliphatic imine (C=N–C) groups is 1. The topological polar surface area (TPSA) is 31.4 Å². The molecule has 1 N–H and O–H groups in total. The second kappa shape index (κ2) is 5.34. The number of hydrogen-bond donors (Lipinski definition) is 1. The first-order chi connectivity index (χ1) is 10.9. The normalized spacial score (nSPS) is 17.5. The lowest BCUT2D eigenvalue weighted by molar-refractivity contribution is 0.767. The summed E-state index contributed by atoms with van der Waals surface area (Å²) in [5.41, 5.74) is 5.20. The molecule has 0 bridgehead atoms. The third-order valence-electron chi connectivity index (χ3n) is 4.39. The Hall–Kier alpha value is -2.55. The van der Waals surface area contributed by atoms with Crippen LogP contribution in [0.1, 0.15) is 24.1 Å². The molecule has 1 aromatic heterocycles. The zero-order chi connectivity index (χ0) is 14.9. The van der Waals surface area contributed by atoms with E-state index in [1.807, 2.05) is 6.34 Å². The molecule has 0 spiro atoms. The predicted octanol–water partition coefficient (Wildman–Crippen LogP) is 4.32. The quantitative estimate of drug-likeness (QED) is 0.565. The molecule has 1 aliphatic heterocycles. The molecule has 0 amide bonds. The molecule has 110 valence electrons. The van der Waals surface area contributed by atoms with E-state index in [1.165, 1.54) is 27.7 Å². The van der Waals surface area contributed by atoms with Crippen molar-refractivity contribution >= 4 is 22.9 Å². The number of anilines is 1. The molecule has 0 fully saturated rings. The highest BCUT2D eigenvalue weighted by atomic mass is 15.2. The summed E-state index contributed by atoms with van der Waals surface area (Å²) in [7, 11) is 0. The highest BCUT2D eigenvalue weighted by molar-refractivity contribution is 5.89. The Morgan fingerprint density at radius 3 is 2.91 bits per heavy atom. The van der Waals surface area contributed by atoms with Crippen LogP contribution in [0.3, 0.4) is 0 Å². The van der Waals surface area contributed by atoms with Crippen LogP contribution in [0.25, 0.3) is 10.9 Å². The second-order valence-electron chi connectivity index (χ2n) is 5.66. The Kier molecular flexibility index (Phi) is 3.19. The Labute approximate surface area is 130 Å². The summed E-state index contributed by atoms with van der Waals surface area (Å²) in [4.78, 5) is 10.2. The van der Waals surface area contributed by atoms with Gasteiger partial charge < -0.3 is 9.88 Å². The van der Waals surface area contributed by atoms with Crippen molar-refractivity contribution in [2.45, 2.75) is 19.4 Å². The number of benzene rings is 2. The maximum absolute atomic E-state index is 4.48. The average molecular weight is 289 g/mol. The van der Waals surface area contributed by atoms with Crippen molar-refractivity contribution in [2.75, 3.05) is 11.4 Å². The van der Waals surface area contributed by atoms with E-state index in [0.717, 1.165) is 13.0 Å². The first-order valence-corrected chi connectivity index (χ1v) is 7.80. The fraction of sp³-hybridized carbons (Fsp3) is 0.211. The summed E-state index contributed by atoms with van der Waals surface area (Å²) < 4.78 is 0. The molecule has 4 rings (SSSR count). The zero-order valence-electron chi connectivity index (χ0n) is 12.7. The van der Waals surface area contributed by atoms with Gasteiger partial charge in [-0.1, -0.05) is 36.4 Å². The molecule has 3 heteroatoms. The molecule has 0 saturated carbocycles. The molecule has 2 heterocycles. The molecule has 22 heavy (non-hydrogen) atoms. The SMILES string of the molecule is CC/N=C/N1c2ccccc2CC1c1c[nH]c2ccccc12. The van der Waals surface area contributed by atoms with Crippen molar-refractivity contribution in [2.24, 2.45) is 4.99 Å². The van der Waals surface area contributed by atoms with Gasteiger partial charge in [0.25, 0.3) is 0 Å². The van der Waals surface area contributed by atoms with E-state index in [9.17, 15) is 0 Å². The van der Waals surface area contributed by atoms with Gasteiger partial charge in [0.05, 0.1) is 12.4 Å². The summed E-state index contributed by atoms with van der Waals surface area (Å²) in [6, 6.07) is 17.4. The number of H-pyrrole nitrogens is 1. The van der Waals surface area contributed by atoms with E-state index in [4.69, 9.17) is 0 Å². The zero-order valence-corrected chi connectivity index (χ0v) is 12.7. The second-order valence-corrected chi connectivity index (χ2v) is 5.66. The molecule has 1 atom stereocenters. The van der Waals surface area contributed by atoms with E-state index < -0.39 is 0 Å². The lowest BCUT2D eigenvalue weighted by Crippen LogP contribution is -2.23. The van der Waals surface area contributed by atoms with E-state index in [2.05, 4.69) is 76.5 Å². The molecule has 1 aliphatic rings. The number of aromatic amines is 1. The maximum atomic E-state index is 4.48. The lowest BCUT2D eigenvalue weighted by atomic mass is 10.0. The molecule has 3 aromatic rings. The van der Waals surface area contributed by atoms with Gasteiger partial charge in [-0.2, -0.15) is 0 Å². The molecule has 1 unspecified atom stereocenters. The number of rotatable bonds is 3. The highest BCUT2D eigenvalue weighted by Gasteiger charge is 2.30. The van der Waals surface area contributed by atoms with Gasteiger partial charge in [-0.25, -0.2) is 0 Å². The summed E-state index contributed by atoms with van der Waals surface area (Å²) in [6.45, 7) is 2.87. The van der Waals surface area contributed by atoms with Gasteiger partial charge in [0.1, 0.15) is 0 Å². The van der Waals surface area contributed by atoms with E-state index >= 15 is 0 Å². The average Bonchev–Trinajstić information content (AvgIpc) is 3.14. The largest absolute Gasteiger partial charge is 0.361 e. The van der Waals surface area contributed by atoms with Gasteiger partial charge in [0, 0.05) is 34.9 Å². The number of para-hydroxylation sites is 2. The molecule has 0 radical (unpaired) electrons. The van der Waals surface area contributed by atoms with Crippen LogP contribution < -0.4 is 4.90 Å². The van der Waals surface area contributed by atoms with Crippen LogP contribution in [0.2, 0.25) is 0 Å². The van der Waals surface area contributed by atoms with Gasteiger partial charge in [-0.15, -0.1) is 0 Å². The van der Waals surface area contributed by atoms with Crippen molar-refractivity contribution in [3.63, 3.8) is 0 Å². The maximum Gasteiger partial charge on any atom is 0.0900 e. The lowest BCUT2D eigenvalue weighted by Gasteiger charge is -2.22. The van der Waals surface area contributed by atoms with Crippen LogP contribution >= 0.6 is 0 Å². The van der Waals surface area contributed by atoms with Gasteiger partial charge >= 0.3 is 0 Å². The van der Waals surface area contributed by atoms with Crippen LogP contribution in [-0.4, -0.2) is 17.9 Å². The van der Waals surface area contributed by atoms with Crippen molar-refractivity contribution in [1.29, 1.82) is 0 Å². The fourth-order valence-corrected chi connectivity index (χ4v) is 3.35. The van der Waals surface area contributed by atoms with Crippen LogP contribution in [0, 0.1) is 0 Å². The monoisotopic (exact) mass is 289 g/mol. The fourth-order valence-electron chi connectivity index (χ4n) is 3.35. The van der Waals surface area contributed by atoms with E-state index in [1.54, 1.807) is 0 Å². The minimum Gasteiger partial charge on any atom is -0.361 e. The first kappa shape index (κ1) is 13.1. The Bertz CT molecular complexity index is 831. The van der Waals surface area contributed by atoms with Crippen LogP contribution in [-0.2, 0) is 6.42 Å². The van der Waals surface area contributed by atoms with Crippen LogP contribution in [0.4, 0.5) is 5.69 Å². The molecular formula is C19H19N3. The number of aromatic nitrogens is 1. The number of nitrogens with zero attached hydrogens (tertiary/aromatic N) is 2. The smallest absolute Gasteiger partial charge is 0.0900 e. The minimum atomic E-state index is 0.309. The third kappa shape index (κ3) is 2.01. The number of fused-ring (bicyclic) bond motifs is 2. The van der Waals surface area contributed by atoms with Gasteiger partial charge in [-0.05, 0) is 31.0 Å². The van der Waals surface area contributed by atoms with Crippen LogP contribution in [0.5, 0.6) is 0 Å². The van der Waals surface area contributed by atoms with Crippen molar-refractivity contribution in [1.82, 2.24) is 4.98 Å². The molecule has 3 nitrogen and oxygen atoms in total. The standard InChI is InChI=1S/C19H19N3/c1-2-20-13-22-18-10-6-3-7-14(18)11-19(22)16-12-21-17-9-5-4-8-15(16)17/h3-10,12-13,19,21H,2,11H2,1H3/b20-13+. The van der Waals surface area contributed by atoms with Crippen LogP contribution in [0.15, 0.2) is 59.7 Å². The Balaban J connectivity index is 1.82. The summed E-state index contributed by atoms with van der Waals surface area (Å²) in [5.74, 6) is 0. The van der Waals surface area contributed by atoms with Crippen molar-refractivity contribution in [3.05, 3.63) is 65.9 Å². The molecule has 0 saturated heterocycles. The third-order valence-corrected chi connectivity index (χ3v) is 4.39. The Morgan fingerprint density at radius 1 is 1.18 bits per heavy atom. The number of nitrogens with one attached hydrogen (secondary N) is 1. The summed E-state index contributed by atoms with van der Waals surface area (Å²) >= 11 is 0. The molecule has 2 aromatic carbocycles. The highest BCUT2D eigenvalue weighted by Crippen LogP contribution is 2.41. The first-order valence-electron chi connectivity index (χ1n) is 7.80. The molecule has 0 aliphatic carbocycles. The summed E-state index contributed by atoms with van der Waals surface area (Å²) in [6.07, 6.45) is 5.17. The van der Waals surface area contributed by atoms with Gasteiger partial charge in [-0.3, -0.25) is 4.99 Å². The Morgan fingerprint density at radius 2 is 2.00 bits per heavy atom.